The minimum Gasteiger partial charge on any atom is -0.411 e. The molecule has 4 rings (SSSR count). The Kier molecular flexibility index (Phi) is 3.37. The highest BCUT2D eigenvalue weighted by molar-refractivity contribution is 5.92. The highest BCUT2D eigenvalue weighted by Gasteiger charge is 2.58. The van der Waals surface area contributed by atoms with Gasteiger partial charge in [0, 0.05) is 18.0 Å². The zero-order valence-corrected chi connectivity index (χ0v) is 14.3. The van der Waals surface area contributed by atoms with Crippen LogP contribution in [-0.4, -0.2) is 23.4 Å². The van der Waals surface area contributed by atoms with E-state index in [1.165, 1.54) is 24.8 Å². The molecule has 3 fully saturated rings. The number of nitrogens with one attached hydrogen (secondary N) is 1. The van der Waals surface area contributed by atoms with E-state index in [2.05, 4.69) is 24.3 Å². The van der Waals surface area contributed by atoms with Gasteiger partial charge in [0.25, 0.3) is 0 Å². The largest absolute Gasteiger partial charge is 0.411 e. The molecular weight excluding hydrogens is 288 g/mol. The van der Waals surface area contributed by atoms with E-state index in [4.69, 9.17) is 0 Å². The number of oxime groups is 1. The van der Waals surface area contributed by atoms with Gasteiger partial charge in [-0.1, -0.05) is 24.6 Å². The SMILES string of the molecule is CC12CCNC(=O)C=C1CCC1C2CCC2(C)/C(=N/O)CCC12. The third kappa shape index (κ3) is 2.03. The Bertz CT molecular complexity index is 596. The summed E-state index contributed by atoms with van der Waals surface area (Å²) in [5.41, 5.74) is 2.69. The van der Waals surface area contributed by atoms with E-state index >= 15 is 0 Å². The van der Waals surface area contributed by atoms with Crippen LogP contribution in [0.1, 0.15) is 58.8 Å². The minimum atomic E-state index is 0.0957. The predicted molar refractivity (Wildman–Crippen MR) is 89.3 cm³/mol. The minimum absolute atomic E-state index is 0.0957. The second-order valence-electron chi connectivity index (χ2n) is 8.59. The topological polar surface area (TPSA) is 61.7 Å². The van der Waals surface area contributed by atoms with Crippen molar-refractivity contribution < 1.29 is 10.0 Å². The van der Waals surface area contributed by atoms with Gasteiger partial charge in [0.15, 0.2) is 0 Å². The van der Waals surface area contributed by atoms with Crippen molar-refractivity contribution in [1.82, 2.24) is 5.32 Å². The smallest absolute Gasteiger partial charge is 0.243 e. The van der Waals surface area contributed by atoms with Crippen LogP contribution in [-0.2, 0) is 4.79 Å². The molecule has 23 heavy (non-hydrogen) atoms. The highest BCUT2D eigenvalue weighted by Crippen LogP contribution is 2.63. The third-order valence-electron chi connectivity index (χ3n) is 7.85. The predicted octanol–water partition coefficient (Wildman–Crippen LogP) is 3.51. The van der Waals surface area contributed by atoms with Crippen molar-refractivity contribution >= 4 is 11.6 Å². The lowest BCUT2D eigenvalue weighted by Gasteiger charge is -2.56. The molecule has 5 unspecified atom stereocenters. The summed E-state index contributed by atoms with van der Waals surface area (Å²) in [4.78, 5) is 11.9. The van der Waals surface area contributed by atoms with Crippen LogP contribution in [0.4, 0.5) is 0 Å². The van der Waals surface area contributed by atoms with Gasteiger partial charge in [-0.2, -0.15) is 0 Å². The van der Waals surface area contributed by atoms with Gasteiger partial charge >= 0.3 is 0 Å². The summed E-state index contributed by atoms with van der Waals surface area (Å²) < 4.78 is 0. The number of carbonyl (C=O) groups excluding carboxylic acids is 1. The van der Waals surface area contributed by atoms with Gasteiger partial charge in [-0.3, -0.25) is 4.79 Å². The van der Waals surface area contributed by atoms with E-state index in [1.807, 2.05) is 6.08 Å². The Balaban J connectivity index is 1.70. The second kappa shape index (κ2) is 5.09. The summed E-state index contributed by atoms with van der Waals surface area (Å²) in [6, 6.07) is 0. The monoisotopic (exact) mass is 316 g/mol. The number of carbonyl (C=O) groups is 1. The molecule has 4 aliphatic rings. The molecule has 3 aliphatic carbocycles. The van der Waals surface area contributed by atoms with E-state index < -0.39 is 0 Å². The Labute approximate surface area is 138 Å². The number of amides is 1. The normalized spacial score (nSPS) is 47.9. The van der Waals surface area contributed by atoms with Gasteiger partial charge in [0.2, 0.25) is 5.91 Å². The molecular formula is C19H28N2O2. The number of fused-ring (bicyclic) bond motifs is 5. The van der Waals surface area contributed by atoms with Crippen molar-refractivity contribution in [2.24, 2.45) is 33.7 Å². The molecule has 0 spiro atoms. The Hall–Kier alpha value is -1.32. The molecule has 0 aromatic heterocycles. The summed E-state index contributed by atoms with van der Waals surface area (Å²) in [5, 5.41) is 16.1. The van der Waals surface area contributed by atoms with Crippen LogP contribution >= 0.6 is 0 Å². The average molecular weight is 316 g/mol. The summed E-state index contributed by atoms with van der Waals surface area (Å²) in [5.74, 6) is 2.13. The van der Waals surface area contributed by atoms with Crippen molar-refractivity contribution in [1.29, 1.82) is 0 Å². The number of nitrogens with zero attached hydrogens (tertiary/aromatic N) is 1. The van der Waals surface area contributed by atoms with Gasteiger partial charge < -0.3 is 10.5 Å². The molecule has 0 aromatic rings. The molecule has 0 radical (unpaired) electrons. The fraction of sp³-hybridized carbons (Fsp3) is 0.789. The van der Waals surface area contributed by atoms with Gasteiger partial charge in [0.1, 0.15) is 0 Å². The first-order valence-corrected chi connectivity index (χ1v) is 9.19. The zero-order valence-electron chi connectivity index (χ0n) is 14.3. The summed E-state index contributed by atoms with van der Waals surface area (Å²) in [6.45, 7) is 5.51. The molecule has 0 saturated heterocycles. The molecule has 1 aliphatic heterocycles. The van der Waals surface area contributed by atoms with Crippen molar-refractivity contribution in [3.8, 4) is 0 Å². The maximum atomic E-state index is 11.9. The van der Waals surface area contributed by atoms with E-state index in [-0.39, 0.29) is 16.7 Å². The maximum absolute atomic E-state index is 11.9. The van der Waals surface area contributed by atoms with Crippen molar-refractivity contribution in [2.45, 2.75) is 58.8 Å². The lowest BCUT2D eigenvalue weighted by atomic mass is 9.48. The Morgan fingerprint density at radius 2 is 1.91 bits per heavy atom. The van der Waals surface area contributed by atoms with Crippen molar-refractivity contribution in [2.75, 3.05) is 6.54 Å². The first kappa shape index (κ1) is 15.2. The van der Waals surface area contributed by atoms with E-state index in [0.717, 1.165) is 37.9 Å². The molecule has 3 saturated carbocycles. The summed E-state index contributed by atoms with van der Waals surface area (Å²) in [6.07, 6.45) is 9.66. The molecule has 2 N–H and O–H groups in total. The molecule has 1 heterocycles. The first-order valence-electron chi connectivity index (χ1n) is 9.19. The van der Waals surface area contributed by atoms with Crippen LogP contribution in [0.15, 0.2) is 16.8 Å². The molecule has 5 atom stereocenters. The van der Waals surface area contributed by atoms with Crippen LogP contribution in [0.25, 0.3) is 0 Å². The van der Waals surface area contributed by atoms with Crippen molar-refractivity contribution in [3.05, 3.63) is 11.6 Å². The van der Waals surface area contributed by atoms with Gasteiger partial charge in [-0.05, 0) is 68.1 Å². The molecule has 4 nitrogen and oxygen atoms in total. The third-order valence-corrected chi connectivity index (χ3v) is 7.85. The van der Waals surface area contributed by atoms with E-state index in [9.17, 15) is 10.0 Å². The molecule has 0 bridgehead atoms. The number of hydrogen-bond donors (Lipinski definition) is 2. The molecule has 126 valence electrons. The number of rotatable bonds is 0. The van der Waals surface area contributed by atoms with E-state index in [1.54, 1.807) is 0 Å². The van der Waals surface area contributed by atoms with Crippen LogP contribution in [0, 0.1) is 28.6 Å². The highest BCUT2D eigenvalue weighted by atomic mass is 16.4. The van der Waals surface area contributed by atoms with Crippen molar-refractivity contribution in [3.63, 3.8) is 0 Å². The Morgan fingerprint density at radius 1 is 1.13 bits per heavy atom. The standard InChI is InChI=1S/C19H28N2O2/c1-18-9-10-20-17(22)11-12(18)3-4-13-14-5-6-16(21-23)19(14,2)8-7-15(13)18/h11,13-15,23H,3-10H2,1-2H3,(H,20,22)/b21-16+. The number of allylic oxidation sites excluding steroid dienone is 1. The van der Waals surface area contributed by atoms with Gasteiger partial charge in [-0.25, -0.2) is 0 Å². The van der Waals surface area contributed by atoms with Crippen LogP contribution in [0.2, 0.25) is 0 Å². The fourth-order valence-electron chi connectivity index (χ4n) is 6.52. The molecule has 0 aromatic carbocycles. The van der Waals surface area contributed by atoms with Crippen LogP contribution in [0.3, 0.4) is 0 Å². The van der Waals surface area contributed by atoms with Gasteiger partial charge in [0.05, 0.1) is 5.71 Å². The molecule has 1 amide bonds. The first-order chi connectivity index (χ1) is 11.0. The second-order valence-corrected chi connectivity index (χ2v) is 8.59. The number of hydrogen-bond acceptors (Lipinski definition) is 3. The van der Waals surface area contributed by atoms with E-state index in [0.29, 0.717) is 17.8 Å². The summed E-state index contributed by atoms with van der Waals surface area (Å²) >= 11 is 0. The lowest BCUT2D eigenvalue weighted by molar-refractivity contribution is -0.116. The molecule has 4 heteroatoms. The van der Waals surface area contributed by atoms with Gasteiger partial charge in [-0.15, -0.1) is 0 Å². The Morgan fingerprint density at radius 3 is 2.70 bits per heavy atom. The average Bonchev–Trinajstić information content (AvgIpc) is 2.78. The quantitative estimate of drug-likeness (QED) is 0.531. The van der Waals surface area contributed by atoms with Crippen LogP contribution < -0.4 is 5.32 Å². The lowest BCUT2D eigenvalue weighted by Crippen LogP contribution is -2.50. The zero-order chi connectivity index (χ0) is 16.2. The van der Waals surface area contributed by atoms with Crippen LogP contribution in [0.5, 0.6) is 0 Å². The maximum Gasteiger partial charge on any atom is 0.243 e. The fourth-order valence-corrected chi connectivity index (χ4v) is 6.52. The summed E-state index contributed by atoms with van der Waals surface area (Å²) in [7, 11) is 0.